The molecule has 1 heterocycles. The van der Waals surface area contributed by atoms with Crippen molar-refractivity contribution in [3.05, 3.63) is 0 Å². The summed E-state index contributed by atoms with van der Waals surface area (Å²) >= 11 is 8.38. The van der Waals surface area contributed by atoms with Crippen LogP contribution in [0.1, 0.15) is 6.42 Å². The molecule has 1 fully saturated rings. The lowest BCUT2D eigenvalue weighted by Crippen LogP contribution is -2.14. The molecule has 0 aromatic heterocycles. The average Bonchev–Trinajstić information content (AvgIpc) is 2.10. The van der Waals surface area contributed by atoms with Crippen molar-refractivity contribution in [3.8, 4) is 0 Å². The van der Waals surface area contributed by atoms with Crippen LogP contribution < -0.4 is 0 Å². The zero-order valence-corrected chi connectivity index (χ0v) is 6.74. The highest BCUT2D eigenvalue weighted by molar-refractivity contribution is 8.00. The Morgan fingerprint density at radius 3 is 2.56 bits per heavy atom. The number of hydrogen-bond donors (Lipinski definition) is 3. The Kier molecular flexibility index (Phi) is 2.32. The van der Waals surface area contributed by atoms with Crippen LogP contribution in [0.2, 0.25) is 0 Å². The van der Waals surface area contributed by atoms with E-state index in [9.17, 15) is 0 Å². The molecule has 1 aliphatic rings. The maximum absolute atomic E-state index is 8.61. The van der Waals surface area contributed by atoms with Gasteiger partial charge in [-0.1, -0.05) is 0 Å². The molecule has 54 valence electrons. The van der Waals surface area contributed by atoms with Gasteiger partial charge in [-0.05, 0) is 0 Å². The number of aliphatic hydroxyl groups is 1. The molecule has 1 saturated heterocycles. The van der Waals surface area contributed by atoms with Gasteiger partial charge in [-0.15, -0.1) is 0 Å². The normalized spacial score (nSPS) is 33.0. The summed E-state index contributed by atoms with van der Waals surface area (Å²) in [6.07, 6.45) is 0.662. The first-order valence-corrected chi connectivity index (χ1v) is 3.71. The Labute approximate surface area is 65.4 Å². The highest BCUT2D eigenvalue weighted by atomic mass is 32.2. The number of thiol groups is 2. The van der Waals surface area contributed by atoms with Crippen molar-refractivity contribution in [2.24, 2.45) is 0 Å². The molecule has 1 N–H and O–H groups in total. The maximum atomic E-state index is 8.61. The van der Waals surface area contributed by atoms with E-state index in [2.05, 4.69) is 25.3 Å². The van der Waals surface area contributed by atoms with E-state index in [4.69, 9.17) is 9.84 Å². The fourth-order valence-electron chi connectivity index (χ4n) is 0.851. The minimum atomic E-state index is -0.326. The van der Waals surface area contributed by atoms with E-state index in [1.54, 1.807) is 0 Å². The van der Waals surface area contributed by atoms with Gasteiger partial charge in [-0.3, -0.25) is 0 Å². The summed E-state index contributed by atoms with van der Waals surface area (Å²) in [5.74, 6) is 0. The molecule has 1 aliphatic heterocycles. The van der Waals surface area contributed by atoms with Crippen molar-refractivity contribution in [3.63, 3.8) is 0 Å². The van der Waals surface area contributed by atoms with Crippen LogP contribution in [0.15, 0.2) is 0 Å². The summed E-state index contributed by atoms with van der Waals surface area (Å²) < 4.78 is 4.79. The lowest BCUT2D eigenvalue weighted by Gasteiger charge is -2.10. The fourth-order valence-corrected chi connectivity index (χ4v) is 1.41. The highest BCUT2D eigenvalue weighted by Gasteiger charge is 2.33. The second kappa shape index (κ2) is 2.70. The second-order valence-electron chi connectivity index (χ2n) is 2.30. The molecule has 0 aliphatic carbocycles. The van der Waals surface area contributed by atoms with Gasteiger partial charge in [0.05, 0.1) is 23.4 Å². The molecule has 4 heteroatoms. The number of hydrogen-bond acceptors (Lipinski definition) is 4. The molecule has 2 nitrogen and oxygen atoms in total. The van der Waals surface area contributed by atoms with Crippen molar-refractivity contribution in [2.75, 3.05) is 13.2 Å². The van der Waals surface area contributed by atoms with Crippen LogP contribution in [0, 0.1) is 0 Å². The maximum Gasteiger partial charge on any atom is 0.0828 e. The van der Waals surface area contributed by atoms with Crippen LogP contribution in [-0.2, 0) is 4.74 Å². The zero-order valence-electron chi connectivity index (χ0n) is 4.95. The van der Waals surface area contributed by atoms with E-state index < -0.39 is 0 Å². The summed E-state index contributed by atoms with van der Waals surface area (Å²) in [5, 5.41) is 8.61. The topological polar surface area (TPSA) is 29.5 Å². The lowest BCUT2D eigenvalue weighted by atomic mass is 10.2. The molecule has 0 radical (unpaired) electrons. The lowest BCUT2D eigenvalue weighted by molar-refractivity contribution is 0.0590. The van der Waals surface area contributed by atoms with Gasteiger partial charge in [0.25, 0.3) is 0 Å². The fraction of sp³-hybridized carbons (Fsp3) is 1.00. The third kappa shape index (κ3) is 2.04. The molecule has 9 heavy (non-hydrogen) atoms. The van der Waals surface area contributed by atoms with Gasteiger partial charge >= 0.3 is 0 Å². The second-order valence-corrected chi connectivity index (χ2v) is 4.37. The first-order chi connectivity index (χ1) is 4.14. The van der Waals surface area contributed by atoms with E-state index in [0.29, 0.717) is 6.61 Å². The van der Waals surface area contributed by atoms with Crippen molar-refractivity contribution in [1.82, 2.24) is 0 Å². The Morgan fingerprint density at radius 1 is 1.67 bits per heavy atom. The van der Waals surface area contributed by atoms with E-state index in [1.807, 2.05) is 0 Å². The quantitative estimate of drug-likeness (QED) is 0.387. The summed E-state index contributed by atoms with van der Waals surface area (Å²) in [7, 11) is 0. The summed E-state index contributed by atoms with van der Waals surface area (Å²) in [6.45, 7) is 0.591. The van der Waals surface area contributed by atoms with Crippen molar-refractivity contribution < 1.29 is 9.84 Å². The standard InChI is InChI=1S/C5H10O2S2/c6-2-4-1-5(8,9)3-7-4/h4,6,8-9H,1-3H2. The van der Waals surface area contributed by atoms with Crippen LogP contribution in [0.25, 0.3) is 0 Å². The Morgan fingerprint density at radius 2 is 2.33 bits per heavy atom. The number of aliphatic hydroxyl groups excluding tert-OH is 1. The van der Waals surface area contributed by atoms with Gasteiger partial charge < -0.3 is 9.84 Å². The predicted octanol–water partition coefficient (Wildman–Crippen LogP) is 0.324. The van der Waals surface area contributed by atoms with Gasteiger partial charge in [0, 0.05) is 6.42 Å². The minimum Gasteiger partial charge on any atom is -0.394 e. The van der Waals surface area contributed by atoms with Gasteiger partial charge in [-0.2, -0.15) is 25.3 Å². The first kappa shape index (κ1) is 7.72. The Bertz CT molecular complexity index is 105. The van der Waals surface area contributed by atoms with Crippen LogP contribution in [0.3, 0.4) is 0 Å². The monoisotopic (exact) mass is 166 g/mol. The highest BCUT2D eigenvalue weighted by Crippen LogP contribution is 2.32. The van der Waals surface area contributed by atoms with Crippen molar-refractivity contribution >= 4 is 25.3 Å². The van der Waals surface area contributed by atoms with Crippen molar-refractivity contribution in [1.29, 1.82) is 0 Å². The molecule has 0 aromatic rings. The zero-order chi connectivity index (χ0) is 6.91. The smallest absolute Gasteiger partial charge is 0.0828 e. The largest absolute Gasteiger partial charge is 0.394 e. The molecule has 1 rings (SSSR count). The number of ether oxygens (including phenoxy) is 1. The Hall–Kier alpha value is 0.620. The van der Waals surface area contributed by atoms with Gasteiger partial charge in [-0.25, -0.2) is 0 Å². The molecule has 0 bridgehead atoms. The van der Waals surface area contributed by atoms with E-state index in [1.165, 1.54) is 0 Å². The molecule has 1 atom stereocenters. The summed E-state index contributed by atoms with van der Waals surface area (Å²) in [5.41, 5.74) is 0. The molecular weight excluding hydrogens is 156 g/mol. The van der Waals surface area contributed by atoms with E-state index >= 15 is 0 Å². The SMILES string of the molecule is OCC1CC(S)(S)CO1. The minimum absolute atomic E-state index is 0.0556. The molecule has 0 aromatic carbocycles. The van der Waals surface area contributed by atoms with Gasteiger partial charge in [0.15, 0.2) is 0 Å². The average molecular weight is 166 g/mol. The molecule has 0 saturated carbocycles. The van der Waals surface area contributed by atoms with Crippen LogP contribution in [0.4, 0.5) is 0 Å². The summed E-state index contributed by atoms with van der Waals surface area (Å²) in [6, 6.07) is 0. The summed E-state index contributed by atoms with van der Waals surface area (Å²) in [4.78, 5) is 0. The van der Waals surface area contributed by atoms with E-state index in [0.717, 1.165) is 6.42 Å². The third-order valence-corrected chi connectivity index (χ3v) is 1.93. The molecular formula is C5H10O2S2. The molecule has 0 amide bonds. The molecule has 1 unspecified atom stereocenters. The number of rotatable bonds is 1. The van der Waals surface area contributed by atoms with Crippen molar-refractivity contribution in [2.45, 2.75) is 16.6 Å². The first-order valence-electron chi connectivity index (χ1n) is 2.81. The van der Waals surface area contributed by atoms with E-state index in [-0.39, 0.29) is 16.8 Å². The van der Waals surface area contributed by atoms with Crippen LogP contribution in [-0.4, -0.2) is 28.5 Å². The van der Waals surface area contributed by atoms with Crippen LogP contribution in [0.5, 0.6) is 0 Å². The van der Waals surface area contributed by atoms with Crippen LogP contribution >= 0.6 is 25.3 Å². The predicted molar refractivity (Wildman–Crippen MR) is 42.1 cm³/mol. The van der Waals surface area contributed by atoms with Gasteiger partial charge in [0.1, 0.15) is 0 Å². The Balaban J connectivity index is 2.38. The third-order valence-electron chi connectivity index (χ3n) is 1.31. The molecule has 0 spiro atoms. The van der Waals surface area contributed by atoms with Gasteiger partial charge in [0.2, 0.25) is 0 Å².